The minimum Gasteiger partial charge on any atom is -0.469 e. The number of rotatable bonds is 4. The summed E-state index contributed by atoms with van der Waals surface area (Å²) in [4.78, 5) is 22.9. The van der Waals surface area contributed by atoms with Gasteiger partial charge in [-0.3, -0.25) is 9.59 Å². The summed E-state index contributed by atoms with van der Waals surface area (Å²) in [5.74, 6) is -0.267. The molecule has 0 aliphatic rings. The molecule has 0 heterocycles. The fourth-order valence-corrected chi connectivity index (χ4v) is 1.52. The SMILES string of the molecule is CCC(=O)c1cc(C)ccc1CC(=O)OC. The molecular formula is C13H16O3. The predicted octanol–water partition coefficient (Wildman–Crippen LogP) is 2.30. The number of hydrogen-bond donors (Lipinski definition) is 0. The quantitative estimate of drug-likeness (QED) is 0.577. The monoisotopic (exact) mass is 220 g/mol. The topological polar surface area (TPSA) is 43.4 Å². The molecule has 0 aromatic heterocycles. The van der Waals surface area contributed by atoms with E-state index in [2.05, 4.69) is 4.74 Å². The number of Topliss-reactive ketones (excluding diaryl/α,β-unsaturated/α-hetero) is 1. The van der Waals surface area contributed by atoms with Crippen molar-refractivity contribution < 1.29 is 14.3 Å². The first-order valence-corrected chi connectivity index (χ1v) is 5.28. The minimum absolute atomic E-state index is 0.0580. The van der Waals surface area contributed by atoms with E-state index in [-0.39, 0.29) is 18.2 Å². The Morgan fingerprint density at radius 1 is 1.31 bits per heavy atom. The van der Waals surface area contributed by atoms with Gasteiger partial charge in [0.25, 0.3) is 0 Å². The standard InChI is InChI=1S/C13H16O3/c1-4-12(14)11-7-9(2)5-6-10(11)8-13(15)16-3/h5-7H,4,8H2,1-3H3. The molecule has 3 nitrogen and oxygen atoms in total. The molecular weight excluding hydrogens is 204 g/mol. The lowest BCUT2D eigenvalue weighted by Crippen LogP contribution is -2.10. The Morgan fingerprint density at radius 2 is 2.00 bits per heavy atom. The Balaban J connectivity index is 3.07. The summed E-state index contributed by atoms with van der Waals surface area (Å²) >= 11 is 0. The third-order valence-corrected chi connectivity index (χ3v) is 2.45. The van der Waals surface area contributed by atoms with E-state index in [0.717, 1.165) is 11.1 Å². The molecule has 0 fully saturated rings. The molecule has 3 heteroatoms. The summed E-state index contributed by atoms with van der Waals surface area (Å²) in [5, 5.41) is 0. The molecule has 1 aromatic rings. The summed E-state index contributed by atoms with van der Waals surface area (Å²) < 4.78 is 4.60. The van der Waals surface area contributed by atoms with Crippen molar-refractivity contribution >= 4 is 11.8 Å². The molecule has 1 aromatic carbocycles. The number of hydrogen-bond acceptors (Lipinski definition) is 3. The van der Waals surface area contributed by atoms with Crippen molar-refractivity contribution in [2.24, 2.45) is 0 Å². The van der Waals surface area contributed by atoms with Crippen LogP contribution in [0.5, 0.6) is 0 Å². The molecule has 0 aliphatic carbocycles. The van der Waals surface area contributed by atoms with Crippen LogP contribution in [0.15, 0.2) is 18.2 Å². The number of esters is 1. The fourth-order valence-electron chi connectivity index (χ4n) is 1.52. The van der Waals surface area contributed by atoms with Gasteiger partial charge in [-0.25, -0.2) is 0 Å². The molecule has 0 atom stereocenters. The summed E-state index contributed by atoms with van der Waals surface area (Å²) in [6.07, 6.45) is 0.593. The van der Waals surface area contributed by atoms with Crippen LogP contribution in [0.1, 0.15) is 34.8 Å². The maximum atomic E-state index is 11.7. The maximum absolute atomic E-state index is 11.7. The van der Waals surface area contributed by atoms with Crippen molar-refractivity contribution in [3.8, 4) is 0 Å². The normalized spacial score (nSPS) is 9.94. The van der Waals surface area contributed by atoms with E-state index in [1.54, 1.807) is 0 Å². The van der Waals surface area contributed by atoms with E-state index in [4.69, 9.17) is 0 Å². The van der Waals surface area contributed by atoms with Gasteiger partial charge in [0.15, 0.2) is 5.78 Å². The van der Waals surface area contributed by atoms with Crippen LogP contribution in [-0.4, -0.2) is 18.9 Å². The van der Waals surface area contributed by atoms with Gasteiger partial charge in [-0.15, -0.1) is 0 Å². The lowest BCUT2D eigenvalue weighted by molar-refractivity contribution is -0.139. The summed E-state index contributed by atoms with van der Waals surface area (Å²) in [5.41, 5.74) is 2.39. The van der Waals surface area contributed by atoms with E-state index in [1.807, 2.05) is 32.0 Å². The van der Waals surface area contributed by atoms with Gasteiger partial charge < -0.3 is 4.74 Å². The first-order valence-electron chi connectivity index (χ1n) is 5.28. The molecule has 0 N–H and O–H groups in total. The van der Waals surface area contributed by atoms with Gasteiger partial charge in [0.1, 0.15) is 0 Å². The predicted molar refractivity (Wildman–Crippen MR) is 61.5 cm³/mol. The largest absolute Gasteiger partial charge is 0.469 e. The van der Waals surface area contributed by atoms with Gasteiger partial charge in [0, 0.05) is 12.0 Å². The van der Waals surface area contributed by atoms with Crippen molar-refractivity contribution in [3.63, 3.8) is 0 Å². The third kappa shape index (κ3) is 2.92. The van der Waals surface area contributed by atoms with Crippen LogP contribution >= 0.6 is 0 Å². The summed E-state index contributed by atoms with van der Waals surface area (Å²) in [6.45, 7) is 3.74. The lowest BCUT2D eigenvalue weighted by atomic mass is 9.97. The third-order valence-electron chi connectivity index (χ3n) is 2.45. The van der Waals surface area contributed by atoms with Crippen LogP contribution in [0.3, 0.4) is 0 Å². The van der Waals surface area contributed by atoms with Gasteiger partial charge in [0.05, 0.1) is 13.5 Å². The van der Waals surface area contributed by atoms with Crippen LogP contribution in [0.25, 0.3) is 0 Å². The Kier molecular flexibility index (Phi) is 4.23. The average Bonchev–Trinajstić information content (AvgIpc) is 2.30. The molecule has 0 bridgehead atoms. The molecule has 0 saturated carbocycles. The molecule has 0 unspecified atom stereocenters. The average molecular weight is 220 g/mol. The fraction of sp³-hybridized carbons (Fsp3) is 0.385. The summed E-state index contributed by atoms with van der Waals surface area (Å²) in [7, 11) is 1.35. The Morgan fingerprint density at radius 3 is 2.56 bits per heavy atom. The number of carbonyl (C=O) groups is 2. The summed E-state index contributed by atoms with van der Waals surface area (Å²) in [6, 6.07) is 5.53. The highest BCUT2D eigenvalue weighted by molar-refractivity contribution is 5.98. The van der Waals surface area contributed by atoms with Crippen LogP contribution in [0.2, 0.25) is 0 Å². The number of ether oxygens (including phenoxy) is 1. The lowest BCUT2D eigenvalue weighted by Gasteiger charge is -2.08. The van der Waals surface area contributed by atoms with Crippen molar-refractivity contribution in [2.75, 3.05) is 7.11 Å². The highest BCUT2D eigenvalue weighted by atomic mass is 16.5. The van der Waals surface area contributed by atoms with Crippen LogP contribution in [-0.2, 0) is 16.0 Å². The zero-order valence-electron chi connectivity index (χ0n) is 9.87. The molecule has 1 rings (SSSR count). The van der Waals surface area contributed by atoms with Gasteiger partial charge >= 0.3 is 5.97 Å². The molecule has 0 saturated heterocycles. The second-order valence-corrected chi connectivity index (χ2v) is 3.69. The van der Waals surface area contributed by atoms with E-state index < -0.39 is 0 Å². The maximum Gasteiger partial charge on any atom is 0.310 e. The Hall–Kier alpha value is -1.64. The van der Waals surface area contributed by atoms with Crippen molar-refractivity contribution in [2.45, 2.75) is 26.7 Å². The van der Waals surface area contributed by atoms with Crippen LogP contribution in [0.4, 0.5) is 0 Å². The van der Waals surface area contributed by atoms with Crippen molar-refractivity contribution in [1.29, 1.82) is 0 Å². The zero-order valence-corrected chi connectivity index (χ0v) is 9.87. The number of carbonyl (C=O) groups excluding carboxylic acids is 2. The second-order valence-electron chi connectivity index (χ2n) is 3.69. The highest BCUT2D eigenvalue weighted by Gasteiger charge is 2.12. The number of methoxy groups -OCH3 is 1. The Labute approximate surface area is 95.4 Å². The minimum atomic E-state index is -0.325. The van der Waals surface area contributed by atoms with Crippen molar-refractivity contribution in [3.05, 3.63) is 34.9 Å². The van der Waals surface area contributed by atoms with Crippen LogP contribution in [0, 0.1) is 6.92 Å². The van der Waals surface area contributed by atoms with E-state index in [0.29, 0.717) is 12.0 Å². The van der Waals surface area contributed by atoms with E-state index in [9.17, 15) is 9.59 Å². The van der Waals surface area contributed by atoms with Crippen LogP contribution < -0.4 is 0 Å². The smallest absolute Gasteiger partial charge is 0.310 e. The van der Waals surface area contributed by atoms with Gasteiger partial charge in [0.2, 0.25) is 0 Å². The molecule has 86 valence electrons. The number of ketones is 1. The Bertz CT molecular complexity index is 408. The molecule has 0 amide bonds. The first kappa shape index (κ1) is 12.4. The van der Waals surface area contributed by atoms with E-state index in [1.165, 1.54) is 7.11 Å². The van der Waals surface area contributed by atoms with Gasteiger partial charge in [-0.05, 0) is 18.6 Å². The molecule has 0 radical (unpaired) electrons. The number of benzene rings is 1. The van der Waals surface area contributed by atoms with Crippen molar-refractivity contribution in [1.82, 2.24) is 0 Å². The molecule has 0 spiro atoms. The van der Waals surface area contributed by atoms with E-state index >= 15 is 0 Å². The molecule has 0 aliphatic heterocycles. The van der Waals surface area contributed by atoms with Gasteiger partial charge in [-0.1, -0.05) is 24.6 Å². The zero-order chi connectivity index (χ0) is 12.1. The van der Waals surface area contributed by atoms with Gasteiger partial charge in [-0.2, -0.15) is 0 Å². The highest BCUT2D eigenvalue weighted by Crippen LogP contribution is 2.15. The first-order chi connectivity index (χ1) is 7.58. The number of aryl methyl sites for hydroxylation is 1. The second kappa shape index (κ2) is 5.45. The molecule has 16 heavy (non-hydrogen) atoms.